The Morgan fingerprint density at radius 1 is 0.837 bits per heavy atom. The molecule has 43 heavy (non-hydrogen) atoms. The molecule has 0 saturated heterocycles. The lowest BCUT2D eigenvalue weighted by Gasteiger charge is -2.31. The van der Waals surface area contributed by atoms with Crippen molar-refractivity contribution in [1.82, 2.24) is 4.90 Å². The molecule has 2 atom stereocenters. The predicted molar refractivity (Wildman–Crippen MR) is 164 cm³/mol. The van der Waals surface area contributed by atoms with Gasteiger partial charge in [-0.3, -0.25) is 24.1 Å². The van der Waals surface area contributed by atoms with Gasteiger partial charge in [-0.05, 0) is 55.9 Å². The molecule has 2 amide bonds. The molecule has 2 aromatic carbocycles. The molecule has 0 spiro atoms. The van der Waals surface area contributed by atoms with Crippen molar-refractivity contribution in [3.05, 3.63) is 82.9 Å². The molecule has 0 N–H and O–H groups in total. The molecule has 0 bridgehead atoms. The van der Waals surface area contributed by atoms with Crippen molar-refractivity contribution < 1.29 is 33.4 Å². The Morgan fingerprint density at radius 3 is 2.21 bits per heavy atom. The number of Topliss-reactive ketones (excluding diaryl/α,β-unsaturated/α-hetero) is 1. The summed E-state index contributed by atoms with van der Waals surface area (Å²) in [4.78, 5) is 50.8. The Morgan fingerprint density at radius 2 is 1.49 bits per heavy atom. The number of benzene rings is 2. The van der Waals surface area contributed by atoms with Gasteiger partial charge in [-0.2, -0.15) is 0 Å². The van der Waals surface area contributed by atoms with Crippen LogP contribution in [-0.4, -0.2) is 59.4 Å². The Labute approximate surface area is 253 Å². The SMILES string of the molecule is CCC(C)(OCCC(C)(C)OCCN1C(=O)C=CC1=O)C(=O)CCC(=O)OC1Cc2ccccc2C=Cc2ccccc21. The van der Waals surface area contributed by atoms with Crippen LogP contribution in [0.4, 0.5) is 0 Å². The number of ketones is 1. The number of imide groups is 1. The van der Waals surface area contributed by atoms with Crippen molar-refractivity contribution in [3.63, 3.8) is 0 Å². The second kappa shape index (κ2) is 14.1. The summed E-state index contributed by atoms with van der Waals surface area (Å²) >= 11 is 0. The largest absolute Gasteiger partial charge is 0.457 e. The second-order valence-electron chi connectivity index (χ2n) is 11.7. The lowest BCUT2D eigenvalue weighted by atomic mass is 9.91. The molecule has 228 valence electrons. The predicted octanol–water partition coefficient (Wildman–Crippen LogP) is 5.64. The summed E-state index contributed by atoms with van der Waals surface area (Å²) in [6.45, 7) is 8.06. The van der Waals surface area contributed by atoms with Gasteiger partial charge in [0, 0.05) is 25.0 Å². The van der Waals surface area contributed by atoms with Gasteiger partial charge in [-0.15, -0.1) is 0 Å². The third kappa shape index (κ3) is 8.36. The number of esters is 1. The molecule has 8 heteroatoms. The zero-order valence-electron chi connectivity index (χ0n) is 25.5. The summed E-state index contributed by atoms with van der Waals surface area (Å²) < 4.78 is 18.0. The molecule has 1 aliphatic heterocycles. The van der Waals surface area contributed by atoms with Crippen LogP contribution in [0.3, 0.4) is 0 Å². The van der Waals surface area contributed by atoms with Crippen molar-refractivity contribution in [2.45, 2.75) is 77.1 Å². The van der Waals surface area contributed by atoms with Gasteiger partial charge in [-0.25, -0.2) is 0 Å². The summed E-state index contributed by atoms with van der Waals surface area (Å²) in [7, 11) is 0. The van der Waals surface area contributed by atoms with Gasteiger partial charge in [0.05, 0.1) is 31.8 Å². The molecular formula is C35H41NO7. The van der Waals surface area contributed by atoms with E-state index in [1.807, 2.05) is 75.4 Å². The van der Waals surface area contributed by atoms with Gasteiger partial charge in [0.25, 0.3) is 11.8 Å². The molecule has 1 aliphatic carbocycles. The van der Waals surface area contributed by atoms with Crippen molar-refractivity contribution in [3.8, 4) is 0 Å². The van der Waals surface area contributed by atoms with Crippen LogP contribution >= 0.6 is 0 Å². The first-order chi connectivity index (χ1) is 20.5. The zero-order chi connectivity index (χ0) is 31.0. The van der Waals surface area contributed by atoms with Crippen LogP contribution in [0, 0.1) is 0 Å². The van der Waals surface area contributed by atoms with Crippen LogP contribution in [0.25, 0.3) is 12.2 Å². The summed E-state index contributed by atoms with van der Waals surface area (Å²) in [6.07, 6.45) is 7.63. The fourth-order valence-corrected chi connectivity index (χ4v) is 5.17. The smallest absolute Gasteiger partial charge is 0.306 e. The van der Waals surface area contributed by atoms with E-state index in [9.17, 15) is 19.2 Å². The van der Waals surface area contributed by atoms with Crippen LogP contribution in [-0.2, 0) is 39.8 Å². The molecule has 2 aliphatic rings. The van der Waals surface area contributed by atoms with E-state index < -0.39 is 23.3 Å². The molecule has 8 nitrogen and oxygen atoms in total. The number of carbonyl (C=O) groups is 4. The van der Waals surface area contributed by atoms with Gasteiger partial charge in [0.2, 0.25) is 0 Å². The van der Waals surface area contributed by atoms with Gasteiger partial charge < -0.3 is 14.2 Å². The number of carbonyl (C=O) groups excluding carboxylic acids is 4. The number of rotatable bonds is 14. The summed E-state index contributed by atoms with van der Waals surface area (Å²) in [5.74, 6) is -1.26. The lowest BCUT2D eigenvalue weighted by Crippen LogP contribution is -2.40. The fraction of sp³-hybridized carbons (Fsp3) is 0.429. The Hall–Kier alpha value is -3.88. The summed E-state index contributed by atoms with van der Waals surface area (Å²) in [6, 6.07) is 15.9. The van der Waals surface area contributed by atoms with E-state index in [0.717, 1.165) is 27.2 Å². The van der Waals surface area contributed by atoms with E-state index in [1.54, 1.807) is 6.92 Å². The maximum Gasteiger partial charge on any atom is 0.306 e. The molecule has 0 fully saturated rings. The molecule has 1 heterocycles. The van der Waals surface area contributed by atoms with Gasteiger partial charge in [0.1, 0.15) is 11.7 Å². The van der Waals surface area contributed by atoms with Crippen LogP contribution in [0.5, 0.6) is 0 Å². The number of fused-ring (bicyclic) bond motifs is 2. The van der Waals surface area contributed by atoms with Gasteiger partial charge in [0.15, 0.2) is 5.78 Å². The quantitative estimate of drug-likeness (QED) is 0.208. The molecule has 4 rings (SSSR count). The molecule has 0 radical (unpaired) electrons. The number of nitrogens with zero attached hydrogens (tertiary/aromatic N) is 1. The van der Waals surface area contributed by atoms with E-state index >= 15 is 0 Å². The minimum atomic E-state index is -1.05. The van der Waals surface area contributed by atoms with Crippen LogP contribution in [0.2, 0.25) is 0 Å². The molecule has 2 aromatic rings. The highest BCUT2D eigenvalue weighted by Crippen LogP contribution is 2.32. The highest BCUT2D eigenvalue weighted by Gasteiger charge is 2.34. The Kier molecular flexibility index (Phi) is 10.5. The molecule has 0 aromatic heterocycles. The highest BCUT2D eigenvalue weighted by molar-refractivity contribution is 6.12. The molecule has 2 unspecified atom stereocenters. The van der Waals surface area contributed by atoms with Crippen molar-refractivity contribution in [2.24, 2.45) is 0 Å². The first-order valence-corrected chi connectivity index (χ1v) is 14.9. The van der Waals surface area contributed by atoms with Crippen LogP contribution in [0.1, 0.15) is 81.7 Å². The number of amides is 2. The van der Waals surface area contributed by atoms with Crippen LogP contribution < -0.4 is 0 Å². The van der Waals surface area contributed by atoms with Crippen molar-refractivity contribution in [1.29, 1.82) is 0 Å². The Balaban J connectivity index is 1.27. The molecule has 0 saturated carbocycles. The van der Waals surface area contributed by atoms with Crippen molar-refractivity contribution in [2.75, 3.05) is 19.8 Å². The second-order valence-corrected chi connectivity index (χ2v) is 11.7. The third-order valence-corrected chi connectivity index (χ3v) is 8.17. The Bertz CT molecular complexity index is 1390. The van der Waals surface area contributed by atoms with E-state index in [-0.39, 0.29) is 50.2 Å². The normalized spacial score (nSPS) is 17.6. The number of hydrogen-bond donors (Lipinski definition) is 0. The van der Waals surface area contributed by atoms with E-state index in [2.05, 4.69) is 6.08 Å². The maximum atomic E-state index is 13.2. The van der Waals surface area contributed by atoms with Gasteiger partial charge >= 0.3 is 5.97 Å². The zero-order valence-corrected chi connectivity index (χ0v) is 25.5. The fourth-order valence-electron chi connectivity index (χ4n) is 5.17. The first kappa shape index (κ1) is 32.0. The summed E-state index contributed by atoms with van der Waals surface area (Å²) in [5, 5.41) is 0. The van der Waals surface area contributed by atoms with E-state index in [1.165, 1.54) is 12.2 Å². The first-order valence-electron chi connectivity index (χ1n) is 14.9. The number of hydrogen-bond acceptors (Lipinski definition) is 7. The third-order valence-electron chi connectivity index (χ3n) is 8.17. The van der Waals surface area contributed by atoms with E-state index in [4.69, 9.17) is 14.2 Å². The van der Waals surface area contributed by atoms with Crippen molar-refractivity contribution >= 4 is 35.7 Å². The minimum Gasteiger partial charge on any atom is -0.457 e. The standard InChI is InChI=1S/C35H41NO7/c1-5-35(4,42-22-20-34(2,3)41-23-21-36-31(38)17-18-32(36)39)30(37)16-19-33(40)43-29-24-27-12-7-6-10-25(27)14-15-26-11-8-9-13-28(26)29/h6-15,17-18,29H,5,16,19-24H2,1-4H3. The highest BCUT2D eigenvalue weighted by atomic mass is 16.5. The average Bonchev–Trinajstić information content (AvgIpc) is 3.30. The minimum absolute atomic E-state index is 0.0137. The molecular weight excluding hydrogens is 546 g/mol. The van der Waals surface area contributed by atoms with Gasteiger partial charge in [-0.1, -0.05) is 67.6 Å². The van der Waals surface area contributed by atoms with Crippen LogP contribution in [0.15, 0.2) is 60.7 Å². The topological polar surface area (TPSA) is 99.2 Å². The number of ether oxygens (including phenoxy) is 3. The monoisotopic (exact) mass is 587 g/mol. The lowest BCUT2D eigenvalue weighted by molar-refractivity contribution is -0.154. The maximum absolute atomic E-state index is 13.2. The van der Waals surface area contributed by atoms with E-state index in [0.29, 0.717) is 19.3 Å². The summed E-state index contributed by atoms with van der Waals surface area (Å²) in [5.41, 5.74) is 2.48. The average molecular weight is 588 g/mol.